The summed E-state index contributed by atoms with van der Waals surface area (Å²) in [4.78, 5) is 11.3. The first-order chi connectivity index (χ1) is 5.74. The summed E-state index contributed by atoms with van der Waals surface area (Å²) < 4.78 is 0.831. The molecule has 0 bridgehead atoms. The number of ketones is 1. The molecule has 0 saturated carbocycles. The number of Topliss-reactive ketones (excluding diaryl/α,β-unsaturated/α-hetero) is 1. The first kappa shape index (κ1) is 16.1. The Morgan fingerprint density at radius 1 is 1.43 bits per heavy atom. The van der Waals surface area contributed by atoms with Gasteiger partial charge in [-0.3, -0.25) is 4.79 Å². The molecule has 0 aliphatic heterocycles. The minimum Gasteiger partial charge on any atom is -1.00 e. The fourth-order valence-corrected chi connectivity index (χ4v) is 0.974. The standard InChI is InChI=1S/C10H21N2O.ClH/c1-8(2)10(13)9(11)6-7-12(3,4)5;/h9H,1,6-7,11H2,2-5H3;1H/q+1;/p-1. The van der Waals surface area contributed by atoms with E-state index in [1.54, 1.807) is 6.92 Å². The van der Waals surface area contributed by atoms with Crippen LogP contribution in [0.25, 0.3) is 0 Å². The van der Waals surface area contributed by atoms with Gasteiger partial charge >= 0.3 is 0 Å². The molecule has 0 spiro atoms. The molecule has 1 unspecified atom stereocenters. The average Bonchev–Trinajstić information content (AvgIpc) is 1.97. The van der Waals surface area contributed by atoms with Gasteiger partial charge in [0.2, 0.25) is 0 Å². The lowest BCUT2D eigenvalue weighted by Gasteiger charge is -2.25. The van der Waals surface area contributed by atoms with E-state index >= 15 is 0 Å². The Hall–Kier alpha value is -0.380. The number of carbonyl (C=O) groups excluding carboxylic acids is 1. The van der Waals surface area contributed by atoms with Crippen LogP contribution in [0.2, 0.25) is 0 Å². The fraction of sp³-hybridized carbons (Fsp3) is 0.700. The highest BCUT2D eigenvalue weighted by atomic mass is 35.5. The zero-order chi connectivity index (χ0) is 10.6. The van der Waals surface area contributed by atoms with Crippen LogP contribution >= 0.6 is 0 Å². The van der Waals surface area contributed by atoms with Crippen LogP contribution < -0.4 is 18.1 Å². The molecule has 4 heteroatoms. The second-order valence-corrected chi connectivity index (χ2v) is 4.55. The van der Waals surface area contributed by atoms with Gasteiger partial charge in [0.25, 0.3) is 0 Å². The van der Waals surface area contributed by atoms with Gasteiger partial charge in [-0.2, -0.15) is 0 Å². The molecule has 0 aromatic rings. The monoisotopic (exact) mass is 220 g/mol. The van der Waals surface area contributed by atoms with Crippen molar-refractivity contribution >= 4 is 5.78 Å². The van der Waals surface area contributed by atoms with Crippen molar-refractivity contribution in [2.75, 3.05) is 27.7 Å². The number of rotatable bonds is 5. The van der Waals surface area contributed by atoms with E-state index in [1.165, 1.54) is 0 Å². The zero-order valence-electron chi connectivity index (χ0n) is 9.51. The van der Waals surface area contributed by atoms with Crippen LogP contribution in [0, 0.1) is 0 Å². The highest BCUT2D eigenvalue weighted by molar-refractivity contribution is 5.98. The first-order valence-corrected chi connectivity index (χ1v) is 4.50. The van der Waals surface area contributed by atoms with Gasteiger partial charge in [-0.15, -0.1) is 0 Å². The van der Waals surface area contributed by atoms with Gasteiger partial charge in [-0.05, 0) is 12.5 Å². The van der Waals surface area contributed by atoms with Crippen molar-refractivity contribution in [3.63, 3.8) is 0 Å². The number of hydrogen-bond donors (Lipinski definition) is 1. The number of carbonyl (C=O) groups is 1. The normalized spacial score (nSPS) is 12.9. The number of quaternary nitrogens is 1. The topological polar surface area (TPSA) is 43.1 Å². The summed E-state index contributed by atoms with van der Waals surface area (Å²) in [5.74, 6) is -0.0200. The first-order valence-electron chi connectivity index (χ1n) is 4.50. The maximum Gasteiger partial charge on any atom is 0.174 e. The minimum absolute atomic E-state index is 0. The summed E-state index contributed by atoms with van der Waals surface area (Å²) in [6.07, 6.45) is 0.717. The van der Waals surface area contributed by atoms with Crippen molar-refractivity contribution in [3.05, 3.63) is 12.2 Å². The molecule has 0 aromatic carbocycles. The predicted molar refractivity (Wildman–Crippen MR) is 55.3 cm³/mol. The fourth-order valence-electron chi connectivity index (χ4n) is 0.974. The molecule has 0 radical (unpaired) electrons. The van der Waals surface area contributed by atoms with E-state index in [4.69, 9.17) is 5.73 Å². The minimum atomic E-state index is -0.380. The van der Waals surface area contributed by atoms with E-state index in [1.807, 2.05) is 0 Å². The van der Waals surface area contributed by atoms with Crippen molar-refractivity contribution in [1.82, 2.24) is 0 Å². The zero-order valence-corrected chi connectivity index (χ0v) is 10.3. The van der Waals surface area contributed by atoms with Gasteiger partial charge in [0.05, 0.1) is 33.7 Å². The molecular weight excluding hydrogens is 200 g/mol. The van der Waals surface area contributed by atoms with Crippen molar-refractivity contribution in [2.24, 2.45) is 5.73 Å². The molecule has 0 saturated heterocycles. The lowest BCUT2D eigenvalue weighted by atomic mass is 10.0. The van der Waals surface area contributed by atoms with Crippen LogP contribution in [0.1, 0.15) is 13.3 Å². The molecular formula is C10H21ClN2O. The molecule has 0 aromatic heterocycles. The molecule has 2 N–H and O–H groups in total. The highest BCUT2D eigenvalue weighted by Crippen LogP contribution is 2.01. The van der Waals surface area contributed by atoms with E-state index in [2.05, 4.69) is 27.7 Å². The van der Waals surface area contributed by atoms with E-state index in [0.717, 1.165) is 17.4 Å². The Morgan fingerprint density at radius 2 is 1.86 bits per heavy atom. The Morgan fingerprint density at radius 3 is 2.14 bits per heavy atom. The molecule has 3 nitrogen and oxygen atoms in total. The summed E-state index contributed by atoms with van der Waals surface area (Å²) in [7, 11) is 6.24. The van der Waals surface area contributed by atoms with Gasteiger partial charge in [-0.25, -0.2) is 0 Å². The molecule has 0 fully saturated rings. The molecule has 84 valence electrons. The summed E-state index contributed by atoms with van der Waals surface area (Å²) in [6, 6.07) is -0.380. The molecule has 1 atom stereocenters. The van der Waals surface area contributed by atoms with Crippen LogP contribution in [-0.4, -0.2) is 44.0 Å². The second kappa shape index (κ2) is 6.17. The molecule has 0 amide bonds. The van der Waals surface area contributed by atoms with Gasteiger partial charge in [-0.1, -0.05) is 6.58 Å². The third kappa shape index (κ3) is 7.06. The smallest absolute Gasteiger partial charge is 0.174 e. The van der Waals surface area contributed by atoms with Gasteiger partial charge in [0.1, 0.15) is 0 Å². The summed E-state index contributed by atoms with van der Waals surface area (Å²) >= 11 is 0. The van der Waals surface area contributed by atoms with Gasteiger partial charge in [0, 0.05) is 6.42 Å². The Labute approximate surface area is 93.0 Å². The Balaban J connectivity index is 0. The summed E-state index contributed by atoms with van der Waals surface area (Å²) in [5, 5.41) is 0. The number of nitrogens with zero attached hydrogens (tertiary/aromatic N) is 1. The molecule has 0 rings (SSSR count). The van der Waals surface area contributed by atoms with Crippen molar-refractivity contribution < 1.29 is 21.7 Å². The number of hydrogen-bond acceptors (Lipinski definition) is 2. The predicted octanol–water partition coefficient (Wildman–Crippen LogP) is -2.44. The average molecular weight is 221 g/mol. The lowest BCUT2D eigenvalue weighted by Crippen LogP contribution is -3.00. The third-order valence-corrected chi connectivity index (χ3v) is 1.87. The Bertz CT molecular complexity index is 209. The highest BCUT2D eigenvalue weighted by Gasteiger charge is 2.17. The van der Waals surface area contributed by atoms with Crippen LogP contribution in [0.3, 0.4) is 0 Å². The maximum atomic E-state index is 11.3. The molecule has 14 heavy (non-hydrogen) atoms. The van der Waals surface area contributed by atoms with Crippen LogP contribution in [0.5, 0.6) is 0 Å². The molecule has 0 heterocycles. The van der Waals surface area contributed by atoms with E-state index in [0.29, 0.717) is 5.57 Å². The molecule has 0 aliphatic rings. The van der Waals surface area contributed by atoms with Crippen LogP contribution in [0.15, 0.2) is 12.2 Å². The third-order valence-electron chi connectivity index (χ3n) is 1.87. The van der Waals surface area contributed by atoms with Crippen LogP contribution in [-0.2, 0) is 4.79 Å². The van der Waals surface area contributed by atoms with Crippen molar-refractivity contribution in [1.29, 1.82) is 0 Å². The van der Waals surface area contributed by atoms with E-state index < -0.39 is 0 Å². The van der Waals surface area contributed by atoms with Crippen LogP contribution in [0.4, 0.5) is 0 Å². The van der Waals surface area contributed by atoms with Gasteiger partial charge in [0.15, 0.2) is 5.78 Å². The molecule has 0 aliphatic carbocycles. The SMILES string of the molecule is C=C(C)C(=O)C(N)CC[N+](C)(C)C.[Cl-]. The van der Waals surface area contributed by atoms with E-state index in [-0.39, 0.29) is 24.2 Å². The number of halogens is 1. The Kier molecular flexibility index (Phi) is 7.08. The second-order valence-electron chi connectivity index (χ2n) is 4.55. The number of nitrogens with two attached hydrogens (primary N) is 1. The quantitative estimate of drug-likeness (QED) is 0.413. The summed E-state index contributed by atoms with van der Waals surface area (Å²) in [5.41, 5.74) is 6.25. The largest absolute Gasteiger partial charge is 1.00 e. The maximum absolute atomic E-state index is 11.3. The van der Waals surface area contributed by atoms with E-state index in [9.17, 15) is 4.79 Å². The lowest BCUT2D eigenvalue weighted by molar-refractivity contribution is -0.870. The van der Waals surface area contributed by atoms with Gasteiger partial charge < -0.3 is 22.6 Å². The summed E-state index contributed by atoms with van der Waals surface area (Å²) in [6.45, 7) is 6.19. The van der Waals surface area contributed by atoms with Crippen molar-refractivity contribution in [2.45, 2.75) is 19.4 Å². The van der Waals surface area contributed by atoms with Crippen molar-refractivity contribution in [3.8, 4) is 0 Å².